The van der Waals surface area contributed by atoms with E-state index < -0.39 is 60.4 Å². The smallest absolute Gasteiger partial charge is 0.328 e. The number of nitrogens with two attached hydrogens (primary N) is 2. The van der Waals surface area contributed by atoms with Crippen molar-refractivity contribution in [2.45, 2.75) is 57.3 Å². The van der Waals surface area contributed by atoms with E-state index in [2.05, 4.69) is 28.6 Å². The van der Waals surface area contributed by atoms with Gasteiger partial charge in [0.25, 0.3) is 0 Å². The van der Waals surface area contributed by atoms with Crippen LogP contribution in [0.5, 0.6) is 0 Å². The third kappa shape index (κ3) is 9.41. The molecule has 0 saturated heterocycles. The summed E-state index contributed by atoms with van der Waals surface area (Å²) < 4.78 is 0. The van der Waals surface area contributed by atoms with Crippen LogP contribution in [0.15, 0.2) is 0 Å². The lowest BCUT2D eigenvalue weighted by Gasteiger charge is -2.25. The van der Waals surface area contributed by atoms with Crippen LogP contribution in [0.3, 0.4) is 0 Å². The number of carboxylic acid groups (broad SMARTS) is 1. The van der Waals surface area contributed by atoms with E-state index in [1.807, 2.05) is 6.92 Å². The van der Waals surface area contributed by atoms with Gasteiger partial charge in [0.15, 0.2) is 0 Å². The van der Waals surface area contributed by atoms with Crippen LogP contribution in [-0.2, 0) is 24.0 Å². The van der Waals surface area contributed by atoms with Crippen molar-refractivity contribution in [1.29, 1.82) is 0 Å². The number of aliphatic hydroxyl groups is 1. The number of aliphatic hydroxyl groups excluding tert-OH is 1. The van der Waals surface area contributed by atoms with E-state index in [0.29, 0.717) is 6.42 Å². The highest BCUT2D eigenvalue weighted by Crippen LogP contribution is 2.06. The average Bonchev–Trinajstić information content (AvgIpc) is 2.70. The van der Waals surface area contributed by atoms with E-state index in [9.17, 15) is 24.0 Å². The first-order valence-electron chi connectivity index (χ1n) is 9.37. The molecule has 4 amide bonds. The van der Waals surface area contributed by atoms with Crippen LogP contribution in [0.4, 0.5) is 0 Å². The molecule has 0 aromatic carbocycles. The van der Waals surface area contributed by atoms with Crippen molar-refractivity contribution in [3.05, 3.63) is 0 Å². The molecule has 0 aliphatic rings. The molecule has 0 aromatic rings. The Morgan fingerprint density at radius 1 is 0.967 bits per heavy atom. The zero-order valence-corrected chi connectivity index (χ0v) is 17.9. The molecule has 5 unspecified atom stereocenters. The molecule has 30 heavy (non-hydrogen) atoms. The minimum absolute atomic E-state index is 0.108. The zero-order valence-electron chi connectivity index (χ0n) is 17.0. The Kier molecular flexibility index (Phi) is 12.7. The van der Waals surface area contributed by atoms with Crippen LogP contribution in [0, 0.1) is 5.92 Å². The van der Waals surface area contributed by atoms with E-state index in [1.165, 1.54) is 0 Å². The fourth-order valence-corrected chi connectivity index (χ4v) is 2.52. The Balaban J connectivity index is 5.26. The normalized spacial score (nSPS) is 15.8. The van der Waals surface area contributed by atoms with Crippen molar-refractivity contribution < 1.29 is 34.2 Å². The topological polar surface area (TPSA) is 214 Å². The number of hydrogen-bond acceptors (Lipinski definition) is 8. The Bertz CT molecular complexity index is 634. The molecule has 9 N–H and O–H groups in total. The van der Waals surface area contributed by atoms with E-state index in [-0.39, 0.29) is 24.5 Å². The van der Waals surface area contributed by atoms with Gasteiger partial charge in [-0.1, -0.05) is 20.3 Å². The SMILES string of the molecule is CCC(C)C(N)C(=O)NC(CS)C(=O)NC(CCC(N)=O)C(=O)NC(CO)C(=O)O. The quantitative estimate of drug-likeness (QED) is 0.128. The number of primary amides is 1. The molecule has 5 atom stereocenters. The predicted octanol–water partition coefficient (Wildman–Crippen LogP) is -2.91. The fourth-order valence-electron chi connectivity index (χ4n) is 2.26. The highest BCUT2D eigenvalue weighted by molar-refractivity contribution is 7.80. The average molecular weight is 450 g/mol. The Morgan fingerprint density at radius 3 is 1.90 bits per heavy atom. The molecule has 0 aliphatic heterocycles. The van der Waals surface area contributed by atoms with Gasteiger partial charge in [-0.15, -0.1) is 0 Å². The lowest BCUT2D eigenvalue weighted by atomic mass is 9.99. The third-order valence-corrected chi connectivity index (χ3v) is 4.85. The molecule has 13 heteroatoms. The number of amides is 4. The van der Waals surface area contributed by atoms with Crippen molar-refractivity contribution in [1.82, 2.24) is 16.0 Å². The highest BCUT2D eigenvalue weighted by Gasteiger charge is 2.30. The summed E-state index contributed by atoms with van der Waals surface area (Å²) in [6.45, 7) is 2.77. The number of rotatable bonds is 14. The molecule has 0 saturated carbocycles. The van der Waals surface area contributed by atoms with Gasteiger partial charge >= 0.3 is 5.97 Å². The van der Waals surface area contributed by atoms with E-state index in [4.69, 9.17) is 21.7 Å². The summed E-state index contributed by atoms with van der Waals surface area (Å²) in [5.41, 5.74) is 10.9. The summed E-state index contributed by atoms with van der Waals surface area (Å²) in [4.78, 5) is 59.2. The van der Waals surface area contributed by atoms with Crippen molar-refractivity contribution >= 4 is 42.2 Å². The van der Waals surface area contributed by atoms with E-state index in [0.717, 1.165) is 0 Å². The van der Waals surface area contributed by atoms with Crippen molar-refractivity contribution in [2.75, 3.05) is 12.4 Å². The molecule has 12 nitrogen and oxygen atoms in total. The predicted molar refractivity (Wildman–Crippen MR) is 110 cm³/mol. The summed E-state index contributed by atoms with van der Waals surface area (Å²) in [6.07, 6.45) is 0.160. The Morgan fingerprint density at radius 2 is 1.47 bits per heavy atom. The lowest BCUT2D eigenvalue weighted by Crippen LogP contribution is -2.58. The molecule has 0 fully saturated rings. The van der Waals surface area contributed by atoms with Gasteiger partial charge in [0.05, 0.1) is 12.6 Å². The monoisotopic (exact) mass is 449 g/mol. The number of aliphatic carboxylic acids is 1. The second-order valence-electron chi connectivity index (χ2n) is 6.80. The molecule has 0 rings (SSSR count). The largest absolute Gasteiger partial charge is 0.480 e. The molecule has 172 valence electrons. The molecule has 0 bridgehead atoms. The summed E-state index contributed by atoms with van der Waals surface area (Å²) in [5.74, 6) is -4.75. The standard InChI is InChI=1S/C17H31N5O7S/c1-3-8(2)13(19)16(27)22-11(7-30)15(26)20-9(4-5-12(18)24)14(25)21-10(6-23)17(28)29/h8-11,13,23,30H,3-7,19H2,1-2H3,(H2,18,24)(H,20,26)(H,21,25)(H,22,27)(H,28,29). The Labute approximate surface area is 179 Å². The summed E-state index contributed by atoms with van der Waals surface area (Å²) in [6, 6.07) is -4.91. The second kappa shape index (κ2) is 13.8. The number of thiol groups is 1. The van der Waals surface area contributed by atoms with Crippen LogP contribution in [0.25, 0.3) is 0 Å². The van der Waals surface area contributed by atoms with Crippen LogP contribution >= 0.6 is 12.6 Å². The molecular formula is C17H31N5O7S. The first kappa shape index (κ1) is 27.6. The van der Waals surface area contributed by atoms with Crippen LogP contribution in [0.1, 0.15) is 33.1 Å². The van der Waals surface area contributed by atoms with Gasteiger partial charge < -0.3 is 37.6 Å². The lowest BCUT2D eigenvalue weighted by molar-refractivity contribution is -0.143. The number of carbonyl (C=O) groups excluding carboxylic acids is 4. The van der Waals surface area contributed by atoms with E-state index >= 15 is 0 Å². The Hall–Kier alpha value is -2.38. The number of nitrogens with one attached hydrogen (secondary N) is 3. The highest BCUT2D eigenvalue weighted by atomic mass is 32.1. The zero-order chi connectivity index (χ0) is 23.4. The van der Waals surface area contributed by atoms with Gasteiger partial charge in [0.1, 0.15) is 18.1 Å². The third-order valence-electron chi connectivity index (χ3n) is 4.48. The van der Waals surface area contributed by atoms with Crippen LogP contribution in [0.2, 0.25) is 0 Å². The van der Waals surface area contributed by atoms with Crippen molar-refractivity contribution in [2.24, 2.45) is 17.4 Å². The molecule has 0 radical (unpaired) electrons. The number of carboxylic acids is 1. The van der Waals surface area contributed by atoms with Crippen molar-refractivity contribution in [3.8, 4) is 0 Å². The van der Waals surface area contributed by atoms with Gasteiger partial charge in [0.2, 0.25) is 23.6 Å². The van der Waals surface area contributed by atoms with Crippen molar-refractivity contribution in [3.63, 3.8) is 0 Å². The van der Waals surface area contributed by atoms with Gasteiger partial charge in [-0.05, 0) is 12.3 Å². The van der Waals surface area contributed by atoms with Gasteiger partial charge in [-0.3, -0.25) is 19.2 Å². The fraction of sp³-hybridized carbons (Fsp3) is 0.706. The second-order valence-corrected chi connectivity index (χ2v) is 7.17. The first-order valence-corrected chi connectivity index (χ1v) is 10.0. The number of hydrogen-bond donors (Lipinski definition) is 8. The maximum Gasteiger partial charge on any atom is 0.328 e. The van der Waals surface area contributed by atoms with Gasteiger partial charge in [-0.2, -0.15) is 12.6 Å². The van der Waals surface area contributed by atoms with E-state index in [1.54, 1.807) is 6.92 Å². The maximum absolute atomic E-state index is 12.5. The summed E-state index contributed by atoms with van der Waals surface area (Å²) >= 11 is 4.03. The number of carbonyl (C=O) groups is 5. The van der Waals surface area contributed by atoms with Gasteiger partial charge in [-0.25, -0.2) is 4.79 Å². The molecule has 0 spiro atoms. The molecular weight excluding hydrogens is 418 g/mol. The summed E-state index contributed by atoms with van der Waals surface area (Å²) in [5, 5.41) is 24.8. The minimum atomic E-state index is -1.60. The van der Waals surface area contributed by atoms with Gasteiger partial charge in [0, 0.05) is 12.2 Å². The minimum Gasteiger partial charge on any atom is -0.480 e. The van der Waals surface area contributed by atoms with Crippen LogP contribution < -0.4 is 27.4 Å². The van der Waals surface area contributed by atoms with Crippen LogP contribution in [-0.4, -0.2) is 76.3 Å². The summed E-state index contributed by atoms with van der Waals surface area (Å²) in [7, 11) is 0. The maximum atomic E-state index is 12.5. The first-order chi connectivity index (χ1) is 14.0. The molecule has 0 heterocycles. The molecule has 0 aromatic heterocycles. The molecule has 0 aliphatic carbocycles.